The third-order valence-electron chi connectivity index (χ3n) is 2.45. The van der Waals surface area contributed by atoms with E-state index < -0.39 is 0 Å². The molecule has 2 nitrogen and oxygen atoms in total. The molecule has 0 fully saturated rings. The van der Waals surface area contributed by atoms with Gasteiger partial charge < -0.3 is 5.73 Å². The van der Waals surface area contributed by atoms with Crippen molar-refractivity contribution in [2.45, 2.75) is 19.9 Å². The summed E-state index contributed by atoms with van der Waals surface area (Å²) >= 11 is 3.53. The summed E-state index contributed by atoms with van der Waals surface area (Å²) in [5.74, 6) is 5.84. The molecule has 0 radical (unpaired) electrons. The van der Waals surface area contributed by atoms with Crippen molar-refractivity contribution in [2.75, 3.05) is 13.1 Å². The van der Waals surface area contributed by atoms with Crippen LogP contribution in [0, 0.1) is 18.8 Å². The maximum atomic E-state index is 5.75. The highest BCUT2D eigenvalue weighted by Gasteiger charge is 2.08. The SMILES string of the molecule is CC#CCNC(CN)c1ccc(C)c(Br)c1. The van der Waals surface area contributed by atoms with E-state index in [9.17, 15) is 0 Å². The van der Waals surface area contributed by atoms with Crippen molar-refractivity contribution in [2.24, 2.45) is 5.73 Å². The van der Waals surface area contributed by atoms with Crippen molar-refractivity contribution in [3.05, 3.63) is 33.8 Å². The van der Waals surface area contributed by atoms with Gasteiger partial charge in [-0.05, 0) is 31.0 Å². The van der Waals surface area contributed by atoms with Gasteiger partial charge in [-0.2, -0.15) is 0 Å². The smallest absolute Gasteiger partial charge is 0.0581 e. The molecule has 3 N–H and O–H groups in total. The largest absolute Gasteiger partial charge is 0.329 e. The molecule has 0 aliphatic heterocycles. The highest BCUT2D eigenvalue weighted by molar-refractivity contribution is 9.10. The average molecular weight is 281 g/mol. The zero-order valence-corrected chi connectivity index (χ0v) is 11.3. The van der Waals surface area contributed by atoms with E-state index in [1.54, 1.807) is 0 Å². The van der Waals surface area contributed by atoms with Crippen molar-refractivity contribution in [3.63, 3.8) is 0 Å². The molecule has 1 aromatic rings. The average Bonchev–Trinajstić information content (AvgIpc) is 2.29. The lowest BCUT2D eigenvalue weighted by molar-refractivity contribution is 0.581. The molecule has 0 heterocycles. The van der Waals surface area contributed by atoms with Crippen LogP contribution >= 0.6 is 15.9 Å². The summed E-state index contributed by atoms with van der Waals surface area (Å²) in [4.78, 5) is 0. The quantitative estimate of drug-likeness (QED) is 0.832. The molecule has 0 spiro atoms. The molecule has 0 amide bonds. The number of hydrogen-bond donors (Lipinski definition) is 2. The van der Waals surface area contributed by atoms with Gasteiger partial charge in [0.1, 0.15) is 0 Å². The van der Waals surface area contributed by atoms with Gasteiger partial charge in [0.2, 0.25) is 0 Å². The molecule has 0 aromatic heterocycles. The predicted octanol–water partition coefficient (Wildman–Crippen LogP) is 2.37. The Balaban J connectivity index is 2.77. The Morgan fingerprint density at radius 1 is 1.50 bits per heavy atom. The molecular weight excluding hydrogens is 264 g/mol. The molecule has 86 valence electrons. The first-order valence-electron chi connectivity index (χ1n) is 5.28. The third-order valence-corrected chi connectivity index (χ3v) is 3.30. The van der Waals surface area contributed by atoms with Gasteiger partial charge >= 0.3 is 0 Å². The first-order valence-corrected chi connectivity index (χ1v) is 6.07. The van der Waals surface area contributed by atoms with Crippen LogP contribution in [0.4, 0.5) is 0 Å². The lowest BCUT2D eigenvalue weighted by atomic mass is 10.1. The molecule has 0 saturated carbocycles. The zero-order valence-electron chi connectivity index (χ0n) is 9.68. The van der Waals surface area contributed by atoms with Crippen LogP contribution < -0.4 is 11.1 Å². The fraction of sp³-hybridized carbons (Fsp3) is 0.385. The Morgan fingerprint density at radius 3 is 2.81 bits per heavy atom. The second-order valence-electron chi connectivity index (χ2n) is 3.60. The van der Waals surface area contributed by atoms with E-state index in [1.807, 2.05) is 6.92 Å². The van der Waals surface area contributed by atoms with Crippen molar-refractivity contribution < 1.29 is 0 Å². The minimum Gasteiger partial charge on any atom is -0.329 e. The monoisotopic (exact) mass is 280 g/mol. The molecule has 1 atom stereocenters. The van der Waals surface area contributed by atoms with Gasteiger partial charge in [0.15, 0.2) is 0 Å². The maximum absolute atomic E-state index is 5.75. The van der Waals surface area contributed by atoms with Crippen LogP contribution in [0.3, 0.4) is 0 Å². The first kappa shape index (κ1) is 13.2. The molecule has 0 aliphatic rings. The minimum atomic E-state index is 0.165. The molecular formula is C13H17BrN2. The van der Waals surface area contributed by atoms with Gasteiger partial charge in [0, 0.05) is 17.1 Å². The van der Waals surface area contributed by atoms with E-state index in [1.165, 1.54) is 11.1 Å². The van der Waals surface area contributed by atoms with Gasteiger partial charge in [-0.15, -0.1) is 5.92 Å². The Kier molecular flexibility index (Phi) is 5.54. The Morgan fingerprint density at radius 2 is 2.25 bits per heavy atom. The van der Waals surface area contributed by atoms with Crippen LogP contribution in [0.5, 0.6) is 0 Å². The molecule has 1 rings (SSSR count). The van der Waals surface area contributed by atoms with E-state index in [4.69, 9.17) is 5.73 Å². The Labute approximate surface area is 106 Å². The molecule has 16 heavy (non-hydrogen) atoms. The van der Waals surface area contributed by atoms with E-state index in [2.05, 4.69) is 58.2 Å². The third kappa shape index (κ3) is 3.64. The van der Waals surface area contributed by atoms with E-state index in [0.717, 1.165) is 4.47 Å². The standard InChI is InChI=1S/C13H17BrN2/c1-3-4-7-16-13(9-15)11-6-5-10(2)12(14)8-11/h5-6,8,13,16H,7,9,15H2,1-2H3. The number of nitrogens with one attached hydrogen (secondary N) is 1. The number of rotatable bonds is 4. The van der Waals surface area contributed by atoms with Crippen molar-refractivity contribution in [1.29, 1.82) is 0 Å². The summed E-state index contributed by atoms with van der Waals surface area (Å²) in [5, 5.41) is 3.31. The predicted molar refractivity (Wildman–Crippen MR) is 72.1 cm³/mol. The van der Waals surface area contributed by atoms with Crippen LogP contribution in [0.2, 0.25) is 0 Å². The van der Waals surface area contributed by atoms with Gasteiger partial charge in [0.05, 0.1) is 6.54 Å². The van der Waals surface area contributed by atoms with E-state index >= 15 is 0 Å². The highest BCUT2D eigenvalue weighted by atomic mass is 79.9. The number of aryl methyl sites for hydroxylation is 1. The summed E-state index contributed by atoms with van der Waals surface area (Å²) < 4.78 is 1.12. The lowest BCUT2D eigenvalue weighted by Gasteiger charge is -2.16. The van der Waals surface area contributed by atoms with Gasteiger partial charge in [0.25, 0.3) is 0 Å². The van der Waals surface area contributed by atoms with Crippen LogP contribution in [0.15, 0.2) is 22.7 Å². The van der Waals surface area contributed by atoms with E-state index in [-0.39, 0.29) is 6.04 Å². The molecule has 3 heteroatoms. The maximum Gasteiger partial charge on any atom is 0.0581 e. The summed E-state index contributed by atoms with van der Waals surface area (Å²) in [6.45, 7) is 5.15. The number of nitrogens with two attached hydrogens (primary N) is 1. The molecule has 1 unspecified atom stereocenters. The fourth-order valence-electron chi connectivity index (χ4n) is 1.43. The van der Waals surface area contributed by atoms with Crippen molar-refractivity contribution >= 4 is 15.9 Å². The summed E-state index contributed by atoms with van der Waals surface area (Å²) in [6, 6.07) is 6.47. The van der Waals surface area contributed by atoms with Crippen LogP contribution in [0.1, 0.15) is 24.1 Å². The van der Waals surface area contributed by atoms with Crippen LogP contribution in [-0.2, 0) is 0 Å². The molecule has 1 aromatic carbocycles. The van der Waals surface area contributed by atoms with Gasteiger partial charge in [-0.25, -0.2) is 0 Å². The van der Waals surface area contributed by atoms with Gasteiger partial charge in [-0.3, -0.25) is 5.32 Å². The zero-order chi connectivity index (χ0) is 12.0. The normalized spacial score (nSPS) is 11.8. The number of benzene rings is 1. The second-order valence-corrected chi connectivity index (χ2v) is 4.46. The van der Waals surface area contributed by atoms with Crippen LogP contribution in [0.25, 0.3) is 0 Å². The summed E-state index contributed by atoms with van der Waals surface area (Å²) in [5.41, 5.74) is 8.17. The first-order chi connectivity index (χ1) is 7.69. The molecule has 0 aliphatic carbocycles. The van der Waals surface area contributed by atoms with Crippen LogP contribution in [-0.4, -0.2) is 13.1 Å². The minimum absolute atomic E-state index is 0.165. The molecule has 0 saturated heterocycles. The van der Waals surface area contributed by atoms with Crippen molar-refractivity contribution in [3.8, 4) is 11.8 Å². The van der Waals surface area contributed by atoms with E-state index in [0.29, 0.717) is 13.1 Å². The van der Waals surface area contributed by atoms with Crippen molar-refractivity contribution in [1.82, 2.24) is 5.32 Å². The number of hydrogen-bond acceptors (Lipinski definition) is 2. The topological polar surface area (TPSA) is 38.0 Å². The fourth-order valence-corrected chi connectivity index (χ4v) is 1.82. The Bertz CT molecular complexity index is 404. The highest BCUT2D eigenvalue weighted by Crippen LogP contribution is 2.21. The summed E-state index contributed by atoms with van der Waals surface area (Å²) in [6.07, 6.45) is 0. The van der Waals surface area contributed by atoms with Gasteiger partial charge in [-0.1, -0.05) is 34.0 Å². The second kappa shape index (κ2) is 6.70. The Hall–Kier alpha value is -0.820. The lowest BCUT2D eigenvalue weighted by Crippen LogP contribution is -2.28. The number of halogens is 1. The summed E-state index contributed by atoms with van der Waals surface area (Å²) in [7, 11) is 0. The molecule has 0 bridgehead atoms.